The normalized spacial score (nSPS) is 15.3. The molecule has 0 aliphatic carbocycles. The maximum atomic E-state index is 13.1. The van der Waals surface area contributed by atoms with Crippen molar-refractivity contribution >= 4 is 21.7 Å². The number of hydrogen-bond donors (Lipinski definition) is 1. The molecule has 4 rings (SSSR count). The van der Waals surface area contributed by atoms with Crippen LogP contribution in [0.4, 0.5) is 5.82 Å². The molecule has 0 bridgehead atoms. The molecule has 0 unspecified atom stereocenters. The van der Waals surface area contributed by atoms with E-state index >= 15 is 0 Å². The Bertz CT molecular complexity index is 1180. The standard InChI is InChI=1S/C24H28N4O3S/c1-19-9-11-20(12-10-19)18-28-23(13-14-25-28)26-24(29)21-7-6-8-22(17-21)32(30,31)27-15-4-2-3-5-16-27/h6-14,17H,2-5,15-16,18H2,1H3,(H,26,29). The highest BCUT2D eigenvalue weighted by Crippen LogP contribution is 2.22. The molecule has 1 N–H and O–H groups in total. The van der Waals surface area contributed by atoms with Gasteiger partial charge in [0.25, 0.3) is 5.91 Å². The van der Waals surface area contributed by atoms with Crippen LogP contribution in [0.5, 0.6) is 0 Å². The molecule has 8 heteroatoms. The highest BCUT2D eigenvalue weighted by molar-refractivity contribution is 7.89. The van der Waals surface area contributed by atoms with E-state index in [1.807, 2.05) is 31.2 Å². The van der Waals surface area contributed by atoms with Gasteiger partial charge in [0.05, 0.1) is 17.6 Å². The van der Waals surface area contributed by atoms with Crippen molar-refractivity contribution in [2.75, 3.05) is 18.4 Å². The average molecular weight is 453 g/mol. The van der Waals surface area contributed by atoms with Gasteiger partial charge in [-0.2, -0.15) is 9.40 Å². The number of rotatable bonds is 6. The Hall–Kier alpha value is -2.97. The highest BCUT2D eigenvalue weighted by Gasteiger charge is 2.26. The summed E-state index contributed by atoms with van der Waals surface area (Å²) < 4.78 is 29.4. The van der Waals surface area contributed by atoms with Crippen LogP contribution < -0.4 is 5.32 Å². The summed E-state index contributed by atoms with van der Waals surface area (Å²) in [4.78, 5) is 13.1. The van der Waals surface area contributed by atoms with Gasteiger partial charge in [-0.1, -0.05) is 48.7 Å². The maximum absolute atomic E-state index is 13.1. The first-order valence-corrected chi connectivity index (χ1v) is 12.4. The summed E-state index contributed by atoms with van der Waals surface area (Å²) in [5, 5.41) is 7.17. The molecule has 1 aliphatic rings. The maximum Gasteiger partial charge on any atom is 0.256 e. The van der Waals surface area contributed by atoms with E-state index < -0.39 is 10.0 Å². The Kier molecular flexibility index (Phi) is 6.72. The summed E-state index contributed by atoms with van der Waals surface area (Å²) in [5.74, 6) is 0.180. The van der Waals surface area contributed by atoms with Crippen LogP contribution in [0.1, 0.15) is 47.2 Å². The van der Waals surface area contributed by atoms with Gasteiger partial charge >= 0.3 is 0 Å². The molecule has 32 heavy (non-hydrogen) atoms. The zero-order chi connectivity index (χ0) is 22.6. The smallest absolute Gasteiger partial charge is 0.256 e. The molecule has 2 aromatic carbocycles. The summed E-state index contributed by atoms with van der Waals surface area (Å²) in [6, 6.07) is 16.1. The van der Waals surface area contributed by atoms with Crippen LogP contribution in [0.15, 0.2) is 65.7 Å². The second kappa shape index (κ2) is 9.67. The molecular formula is C24H28N4O3S. The van der Waals surface area contributed by atoms with Crippen molar-refractivity contribution in [2.45, 2.75) is 44.0 Å². The lowest BCUT2D eigenvalue weighted by molar-refractivity contribution is 0.102. The number of aromatic nitrogens is 2. The molecule has 1 aromatic heterocycles. The predicted octanol–water partition coefficient (Wildman–Crippen LogP) is 4.06. The molecule has 0 atom stereocenters. The molecular weight excluding hydrogens is 424 g/mol. The van der Waals surface area contributed by atoms with E-state index in [2.05, 4.69) is 10.4 Å². The van der Waals surface area contributed by atoms with Crippen molar-refractivity contribution in [1.82, 2.24) is 14.1 Å². The van der Waals surface area contributed by atoms with Gasteiger partial charge in [0.2, 0.25) is 10.0 Å². The minimum absolute atomic E-state index is 0.153. The van der Waals surface area contributed by atoms with Crippen LogP contribution in [0, 0.1) is 6.92 Å². The molecule has 3 aromatic rings. The van der Waals surface area contributed by atoms with Gasteiger partial charge in [0, 0.05) is 24.7 Å². The van der Waals surface area contributed by atoms with Gasteiger partial charge in [-0.25, -0.2) is 13.1 Å². The van der Waals surface area contributed by atoms with Crippen molar-refractivity contribution in [3.8, 4) is 0 Å². The monoisotopic (exact) mass is 452 g/mol. The second-order valence-electron chi connectivity index (χ2n) is 8.16. The Balaban J connectivity index is 1.50. The molecule has 0 saturated carbocycles. The first kappa shape index (κ1) is 22.2. The summed E-state index contributed by atoms with van der Waals surface area (Å²) in [6.45, 7) is 3.60. The summed E-state index contributed by atoms with van der Waals surface area (Å²) in [7, 11) is -3.62. The number of nitrogens with one attached hydrogen (secondary N) is 1. The Morgan fingerprint density at radius 3 is 2.44 bits per heavy atom. The summed E-state index contributed by atoms with van der Waals surface area (Å²) >= 11 is 0. The zero-order valence-corrected chi connectivity index (χ0v) is 19.0. The van der Waals surface area contributed by atoms with Gasteiger partial charge in [-0.05, 0) is 43.5 Å². The Labute approximate surface area is 189 Å². The van der Waals surface area contributed by atoms with Crippen LogP contribution in [0.2, 0.25) is 0 Å². The number of hydrogen-bond acceptors (Lipinski definition) is 4. The van der Waals surface area contributed by atoms with E-state index in [0.29, 0.717) is 31.0 Å². The summed E-state index contributed by atoms with van der Waals surface area (Å²) in [5.41, 5.74) is 2.54. The number of carbonyl (C=O) groups excluding carboxylic acids is 1. The van der Waals surface area contributed by atoms with Crippen molar-refractivity contribution < 1.29 is 13.2 Å². The number of aryl methyl sites for hydroxylation is 1. The number of carbonyl (C=O) groups is 1. The molecule has 7 nitrogen and oxygen atoms in total. The number of anilines is 1. The first-order chi connectivity index (χ1) is 15.4. The Morgan fingerprint density at radius 1 is 1.00 bits per heavy atom. The first-order valence-electron chi connectivity index (χ1n) is 10.9. The fourth-order valence-electron chi connectivity index (χ4n) is 3.85. The third-order valence-electron chi connectivity index (χ3n) is 5.71. The third kappa shape index (κ3) is 5.08. The van der Waals surface area contributed by atoms with Crippen LogP contribution in [-0.2, 0) is 16.6 Å². The molecule has 0 radical (unpaired) electrons. The molecule has 1 fully saturated rings. The van der Waals surface area contributed by atoms with Crippen molar-refractivity contribution in [3.63, 3.8) is 0 Å². The van der Waals surface area contributed by atoms with E-state index in [-0.39, 0.29) is 10.8 Å². The van der Waals surface area contributed by atoms with E-state index in [1.165, 1.54) is 15.9 Å². The fraction of sp³-hybridized carbons (Fsp3) is 0.333. The van der Waals surface area contributed by atoms with Crippen molar-refractivity contribution in [3.05, 3.63) is 77.5 Å². The topological polar surface area (TPSA) is 84.3 Å². The second-order valence-corrected chi connectivity index (χ2v) is 10.1. The molecule has 1 saturated heterocycles. The number of nitrogens with zero attached hydrogens (tertiary/aromatic N) is 3. The quantitative estimate of drug-likeness (QED) is 0.611. The molecule has 168 valence electrons. The Morgan fingerprint density at radius 2 is 1.72 bits per heavy atom. The van der Waals surface area contributed by atoms with Gasteiger partial charge in [-0.3, -0.25) is 4.79 Å². The molecule has 1 aliphatic heterocycles. The average Bonchev–Trinajstić information content (AvgIpc) is 3.04. The van der Waals surface area contributed by atoms with Crippen molar-refractivity contribution in [1.29, 1.82) is 0 Å². The number of sulfonamides is 1. The third-order valence-corrected chi connectivity index (χ3v) is 7.60. The molecule has 1 amide bonds. The van der Waals surface area contributed by atoms with Crippen LogP contribution >= 0.6 is 0 Å². The van der Waals surface area contributed by atoms with Crippen molar-refractivity contribution in [2.24, 2.45) is 0 Å². The van der Waals surface area contributed by atoms with E-state index in [9.17, 15) is 13.2 Å². The number of benzene rings is 2. The van der Waals surface area contributed by atoms with E-state index in [1.54, 1.807) is 35.1 Å². The minimum atomic E-state index is -3.62. The zero-order valence-electron chi connectivity index (χ0n) is 18.2. The summed E-state index contributed by atoms with van der Waals surface area (Å²) in [6.07, 6.45) is 5.45. The number of amides is 1. The predicted molar refractivity (Wildman–Crippen MR) is 124 cm³/mol. The lowest BCUT2D eigenvalue weighted by atomic mass is 10.1. The van der Waals surface area contributed by atoms with Gasteiger partial charge in [-0.15, -0.1) is 0 Å². The lowest BCUT2D eigenvalue weighted by Gasteiger charge is -2.20. The fourth-order valence-corrected chi connectivity index (χ4v) is 5.41. The SMILES string of the molecule is Cc1ccc(Cn2nccc2NC(=O)c2cccc(S(=O)(=O)N3CCCCCC3)c2)cc1. The van der Waals surface area contributed by atoms with Crippen LogP contribution in [0.25, 0.3) is 0 Å². The highest BCUT2D eigenvalue weighted by atomic mass is 32.2. The van der Waals surface area contributed by atoms with Gasteiger partial charge in [0.15, 0.2) is 0 Å². The van der Waals surface area contributed by atoms with Crippen LogP contribution in [0.3, 0.4) is 0 Å². The largest absolute Gasteiger partial charge is 0.307 e. The van der Waals surface area contributed by atoms with Gasteiger partial charge in [0.1, 0.15) is 5.82 Å². The minimum Gasteiger partial charge on any atom is -0.307 e. The van der Waals surface area contributed by atoms with E-state index in [0.717, 1.165) is 31.2 Å². The molecule has 2 heterocycles. The van der Waals surface area contributed by atoms with E-state index in [4.69, 9.17) is 0 Å². The molecule has 0 spiro atoms. The van der Waals surface area contributed by atoms with Gasteiger partial charge < -0.3 is 5.32 Å². The van der Waals surface area contributed by atoms with Crippen LogP contribution in [-0.4, -0.2) is 41.5 Å². The lowest BCUT2D eigenvalue weighted by Crippen LogP contribution is -2.32.